The van der Waals surface area contributed by atoms with Crippen LogP contribution in [-0.4, -0.2) is 141 Å². The second-order valence-corrected chi connectivity index (χ2v) is 21.4. The van der Waals surface area contributed by atoms with Crippen LogP contribution in [0.15, 0.2) is 78.0 Å². The van der Waals surface area contributed by atoms with Gasteiger partial charge < -0.3 is 54.2 Å². The van der Waals surface area contributed by atoms with Crippen LogP contribution in [0.4, 0.5) is 0 Å². The Hall–Kier alpha value is -5.53. The SMILES string of the molecule is Cc1ccc(-c2ccc(OCCOCCOCCOCCOCCOCC(=O)N[C@H](C(=O)N3C[C@H](O)C[C@H]3C(=O)N[C@@H](C)c3ccc(-c4scnc4C)cc3)C(C)(C)C)cc2)cc1C1=C(O)CC(C)(C)CC1=O. The molecule has 4 atom stereocenters. The molecule has 4 N–H and O–H groups in total. The number of aliphatic hydroxyl groups excluding tert-OH is 2. The number of aryl methyl sites for hydroxylation is 2. The lowest BCUT2D eigenvalue weighted by Crippen LogP contribution is -2.58. The third-order valence-electron chi connectivity index (χ3n) is 12.8. The van der Waals surface area contributed by atoms with Gasteiger partial charge in [-0.05, 0) is 83.2 Å². The number of nitrogens with one attached hydrogen (secondary N) is 2. The second kappa shape index (κ2) is 26.6. The molecular weight excluding hydrogens is 953 g/mol. The zero-order valence-electron chi connectivity index (χ0n) is 43.6. The van der Waals surface area contributed by atoms with Crippen molar-refractivity contribution in [3.8, 4) is 27.3 Å². The standard InChI is InChI=1S/C56H74N4O12S/c1-36-9-10-42(29-45(36)50-47(62)31-56(7,8)32-48(50)63)40-15-17-44(18-16-40)72-28-27-70-24-23-68-20-19-67-21-22-69-25-26-71-34-49(64)59-52(55(4,5)6)54(66)60-33-43(61)30-46(60)53(65)58-37(2)39-11-13-41(14-12-39)51-38(3)57-35-73-51/h9-18,29,35,37,43,46,52,61-62H,19-28,30-34H2,1-8H3,(H,58,65)(H,59,64)/t37-,43+,46-,52+/m0/s1. The molecule has 3 amide bonds. The first kappa shape index (κ1) is 56.8. The Balaban J connectivity index is 0.782. The molecular formula is C56H74N4O12S. The topological polar surface area (TPSA) is 204 Å². The summed E-state index contributed by atoms with van der Waals surface area (Å²) in [6.45, 7) is 18.4. The number of rotatable bonds is 26. The van der Waals surface area contributed by atoms with Crippen LogP contribution in [0.25, 0.3) is 27.1 Å². The van der Waals surface area contributed by atoms with Gasteiger partial charge in [-0.15, -0.1) is 11.3 Å². The van der Waals surface area contributed by atoms with Crippen LogP contribution in [0.1, 0.15) is 89.2 Å². The highest BCUT2D eigenvalue weighted by Crippen LogP contribution is 2.41. The number of likely N-dealkylation sites (tertiary alicyclic amines) is 1. The van der Waals surface area contributed by atoms with Crippen LogP contribution in [0.3, 0.4) is 0 Å². The van der Waals surface area contributed by atoms with Crippen molar-refractivity contribution in [2.45, 2.75) is 98.9 Å². The lowest BCUT2D eigenvalue weighted by Gasteiger charge is -2.35. The van der Waals surface area contributed by atoms with Gasteiger partial charge in [0.1, 0.15) is 36.8 Å². The number of Topliss-reactive ketones (excluding diaryl/α,β-unsaturated/α-hetero) is 1. The van der Waals surface area contributed by atoms with Gasteiger partial charge in [0, 0.05) is 25.8 Å². The average Bonchev–Trinajstić information content (AvgIpc) is 3.96. The number of allylic oxidation sites excluding steroid dienone is 2. The summed E-state index contributed by atoms with van der Waals surface area (Å²) in [6, 6.07) is 19.4. The predicted molar refractivity (Wildman–Crippen MR) is 280 cm³/mol. The summed E-state index contributed by atoms with van der Waals surface area (Å²) < 4.78 is 33.7. The third-order valence-corrected chi connectivity index (χ3v) is 13.8. The summed E-state index contributed by atoms with van der Waals surface area (Å²) in [5.74, 6) is -0.468. The molecule has 1 aromatic heterocycles. The lowest BCUT2D eigenvalue weighted by atomic mass is 9.74. The van der Waals surface area contributed by atoms with Gasteiger partial charge in [-0.2, -0.15) is 0 Å². The first-order valence-electron chi connectivity index (χ1n) is 25.1. The molecule has 396 valence electrons. The molecule has 6 rings (SSSR count). The number of ketones is 1. The van der Waals surface area contributed by atoms with Crippen molar-refractivity contribution in [1.29, 1.82) is 0 Å². The number of carbonyl (C=O) groups is 4. The van der Waals surface area contributed by atoms with Gasteiger partial charge in [-0.3, -0.25) is 19.2 Å². The quantitative estimate of drug-likeness (QED) is 0.0449. The first-order chi connectivity index (χ1) is 34.8. The van der Waals surface area contributed by atoms with E-state index < -0.39 is 35.4 Å². The predicted octanol–water partition coefficient (Wildman–Crippen LogP) is 7.58. The molecule has 2 heterocycles. The number of benzene rings is 3. The Bertz CT molecular complexity index is 2500. The van der Waals surface area contributed by atoms with Crippen LogP contribution < -0.4 is 15.4 Å². The van der Waals surface area contributed by atoms with Crippen LogP contribution in [0, 0.1) is 24.7 Å². The van der Waals surface area contributed by atoms with E-state index in [1.54, 1.807) is 11.3 Å². The molecule has 0 spiro atoms. The van der Waals surface area contributed by atoms with Crippen LogP contribution in [0.5, 0.6) is 5.75 Å². The monoisotopic (exact) mass is 1030 g/mol. The number of ether oxygens (including phenoxy) is 6. The van der Waals surface area contributed by atoms with Crippen molar-refractivity contribution in [3.63, 3.8) is 0 Å². The fraction of sp³-hybridized carbons (Fsp3) is 0.518. The number of aliphatic hydroxyl groups is 2. The molecule has 0 radical (unpaired) electrons. The molecule has 1 aliphatic carbocycles. The Morgan fingerprint density at radius 1 is 0.795 bits per heavy atom. The number of nitrogens with zero attached hydrogens (tertiary/aromatic N) is 2. The van der Waals surface area contributed by atoms with Crippen molar-refractivity contribution in [2.75, 3.05) is 79.2 Å². The fourth-order valence-corrected chi connectivity index (χ4v) is 9.70. The first-order valence-corrected chi connectivity index (χ1v) is 26.0. The largest absolute Gasteiger partial charge is 0.512 e. The van der Waals surface area contributed by atoms with Gasteiger partial charge in [-0.25, -0.2) is 4.98 Å². The van der Waals surface area contributed by atoms with E-state index in [0.29, 0.717) is 77.0 Å². The van der Waals surface area contributed by atoms with Gasteiger partial charge in [0.2, 0.25) is 17.7 Å². The summed E-state index contributed by atoms with van der Waals surface area (Å²) in [4.78, 5) is 60.4. The van der Waals surface area contributed by atoms with Gasteiger partial charge in [0.25, 0.3) is 0 Å². The highest BCUT2D eigenvalue weighted by atomic mass is 32.1. The maximum Gasteiger partial charge on any atom is 0.246 e. The van der Waals surface area contributed by atoms with Crippen molar-refractivity contribution in [1.82, 2.24) is 20.5 Å². The van der Waals surface area contributed by atoms with Crippen molar-refractivity contribution in [2.24, 2.45) is 10.8 Å². The van der Waals surface area contributed by atoms with E-state index in [4.69, 9.17) is 28.4 Å². The summed E-state index contributed by atoms with van der Waals surface area (Å²) >= 11 is 1.57. The van der Waals surface area contributed by atoms with Crippen LogP contribution in [-0.2, 0) is 42.9 Å². The molecule has 16 nitrogen and oxygen atoms in total. The van der Waals surface area contributed by atoms with E-state index >= 15 is 0 Å². The van der Waals surface area contributed by atoms with E-state index in [-0.39, 0.29) is 61.7 Å². The number of β-amino-alcohol motifs (C(OH)–C–C–N with tert-alkyl or cyclic N) is 1. The molecule has 0 unspecified atom stereocenters. The minimum atomic E-state index is -0.974. The lowest BCUT2D eigenvalue weighted by molar-refractivity contribution is -0.144. The Labute approximate surface area is 433 Å². The molecule has 4 aromatic rings. The molecule has 1 saturated heterocycles. The number of thiazole rings is 1. The molecule has 73 heavy (non-hydrogen) atoms. The summed E-state index contributed by atoms with van der Waals surface area (Å²) in [6.07, 6.45) is 0.0848. The van der Waals surface area contributed by atoms with Gasteiger partial charge >= 0.3 is 0 Å². The minimum Gasteiger partial charge on any atom is -0.512 e. The average molecular weight is 1030 g/mol. The van der Waals surface area contributed by atoms with Gasteiger partial charge in [0.15, 0.2) is 5.78 Å². The number of carbonyl (C=O) groups excluding carboxylic acids is 4. The highest BCUT2D eigenvalue weighted by Gasteiger charge is 2.45. The Morgan fingerprint density at radius 3 is 1.95 bits per heavy atom. The highest BCUT2D eigenvalue weighted by molar-refractivity contribution is 7.13. The molecule has 1 aliphatic heterocycles. The van der Waals surface area contributed by atoms with E-state index in [2.05, 4.69) is 15.6 Å². The summed E-state index contributed by atoms with van der Waals surface area (Å²) in [7, 11) is 0. The molecule has 3 aromatic carbocycles. The molecule has 0 bridgehead atoms. The normalized spacial score (nSPS) is 17.7. The van der Waals surface area contributed by atoms with Crippen molar-refractivity contribution >= 4 is 40.4 Å². The number of hydrogen-bond acceptors (Lipinski definition) is 14. The van der Waals surface area contributed by atoms with Gasteiger partial charge in [0.05, 0.1) is 93.3 Å². The zero-order valence-corrected chi connectivity index (χ0v) is 44.4. The van der Waals surface area contributed by atoms with Crippen LogP contribution >= 0.6 is 11.3 Å². The van der Waals surface area contributed by atoms with E-state index in [1.165, 1.54) is 4.90 Å². The second-order valence-electron chi connectivity index (χ2n) is 20.5. The van der Waals surface area contributed by atoms with Gasteiger partial charge in [-0.1, -0.05) is 83.1 Å². The molecule has 0 saturated carbocycles. The van der Waals surface area contributed by atoms with Crippen molar-refractivity contribution < 1.29 is 57.8 Å². The number of hydrogen-bond donors (Lipinski definition) is 4. The Kier molecular flexibility index (Phi) is 20.7. The number of amides is 3. The van der Waals surface area contributed by atoms with Crippen molar-refractivity contribution in [3.05, 3.63) is 100 Å². The summed E-state index contributed by atoms with van der Waals surface area (Å²) in [5.41, 5.74) is 7.82. The maximum absolute atomic E-state index is 14.0. The summed E-state index contributed by atoms with van der Waals surface area (Å²) in [5, 5.41) is 27.2. The molecule has 2 aliphatic rings. The molecule has 1 fully saturated rings. The smallest absolute Gasteiger partial charge is 0.246 e. The molecule has 17 heteroatoms. The van der Waals surface area contributed by atoms with E-state index in [0.717, 1.165) is 44.0 Å². The minimum absolute atomic E-state index is 0.0242. The third kappa shape index (κ3) is 16.5. The van der Waals surface area contributed by atoms with Crippen LogP contribution in [0.2, 0.25) is 0 Å². The Morgan fingerprint density at radius 2 is 1.37 bits per heavy atom. The van der Waals surface area contributed by atoms with E-state index in [9.17, 15) is 29.4 Å². The maximum atomic E-state index is 14.0. The zero-order chi connectivity index (χ0) is 52.7. The van der Waals surface area contributed by atoms with E-state index in [1.807, 2.05) is 128 Å². The fourth-order valence-electron chi connectivity index (χ4n) is 8.89. The number of aromatic nitrogens is 1.